The largest absolute Gasteiger partial charge is 0.406 e. The molecule has 3 nitrogen and oxygen atoms in total. The Morgan fingerprint density at radius 1 is 1.24 bits per heavy atom. The van der Waals surface area contributed by atoms with E-state index in [0.29, 0.717) is 13.0 Å². The van der Waals surface area contributed by atoms with Gasteiger partial charge in [-0.1, -0.05) is 25.5 Å². The zero-order chi connectivity index (χ0) is 15.9. The third kappa shape index (κ3) is 6.16. The predicted octanol–water partition coefficient (Wildman–Crippen LogP) is 3.64. The Bertz CT molecular complexity index is 443. The Hall–Kier alpha value is -1.56. The molecule has 0 saturated heterocycles. The SMILES string of the molecule is CCCCN(CC(F)(F)F)C(=O)c1ccc(COC)cc1. The number of methoxy groups -OCH3 is 1. The highest BCUT2D eigenvalue weighted by Gasteiger charge is 2.33. The van der Waals surface area contributed by atoms with Crippen LogP contribution in [0.4, 0.5) is 13.2 Å². The summed E-state index contributed by atoms with van der Waals surface area (Å²) in [6.07, 6.45) is -3.11. The van der Waals surface area contributed by atoms with E-state index in [2.05, 4.69) is 0 Å². The first-order valence-corrected chi connectivity index (χ1v) is 6.81. The second-order valence-electron chi connectivity index (χ2n) is 4.83. The summed E-state index contributed by atoms with van der Waals surface area (Å²) in [5.74, 6) is -0.593. The van der Waals surface area contributed by atoms with Gasteiger partial charge in [-0.25, -0.2) is 0 Å². The van der Waals surface area contributed by atoms with Crippen LogP contribution in [-0.2, 0) is 11.3 Å². The Morgan fingerprint density at radius 3 is 2.33 bits per heavy atom. The molecule has 0 heterocycles. The molecule has 1 aromatic rings. The number of alkyl halides is 3. The zero-order valence-corrected chi connectivity index (χ0v) is 12.2. The van der Waals surface area contributed by atoms with E-state index in [1.807, 2.05) is 6.92 Å². The molecular weight excluding hydrogens is 283 g/mol. The summed E-state index contributed by atoms with van der Waals surface area (Å²) < 4.78 is 42.6. The molecule has 0 radical (unpaired) electrons. The van der Waals surface area contributed by atoms with Crippen LogP contribution in [0.25, 0.3) is 0 Å². The molecule has 0 unspecified atom stereocenters. The van der Waals surface area contributed by atoms with Crippen LogP contribution in [0, 0.1) is 0 Å². The molecule has 0 N–H and O–H groups in total. The molecule has 0 saturated carbocycles. The van der Waals surface area contributed by atoms with Crippen LogP contribution in [0.3, 0.4) is 0 Å². The minimum Gasteiger partial charge on any atom is -0.380 e. The van der Waals surface area contributed by atoms with Gasteiger partial charge in [0.15, 0.2) is 0 Å². The van der Waals surface area contributed by atoms with E-state index < -0.39 is 18.6 Å². The van der Waals surface area contributed by atoms with E-state index in [1.165, 1.54) is 12.1 Å². The van der Waals surface area contributed by atoms with E-state index in [4.69, 9.17) is 4.74 Å². The summed E-state index contributed by atoms with van der Waals surface area (Å²) in [6.45, 7) is 1.16. The molecule has 0 fully saturated rings. The number of halogens is 3. The van der Waals surface area contributed by atoms with Crippen LogP contribution in [0.15, 0.2) is 24.3 Å². The molecule has 0 aromatic heterocycles. The van der Waals surface area contributed by atoms with Crippen molar-refractivity contribution in [2.45, 2.75) is 32.5 Å². The van der Waals surface area contributed by atoms with Crippen molar-refractivity contribution < 1.29 is 22.7 Å². The first-order chi connectivity index (χ1) is 9.87. The van der Waals surface area contributed by atoms with Crippen LogP contribution in [0.5, 0.6) is 0 Å². The molecule has 1 rings (SSSR count). The summed E-state index contributed by atoms with van der Waals surface area (Å²) in [5, 5.41) is 0. The molecule has 21 heavy (non-hydrogen) atoms. The second kappa shape index (κ2) is 8.02. The van der Waals surface area contributed by atoms with Gasteiger partial charge in [0.05, 0.1) is 6.61 Å². The Balaban J connectivity index is 2.82. The third-order valence-corrected chi connectivity index (χ3v) is 2.95. The maximum absolute atomic E-state index is 12.6. The molecule has 0 aliphatic rings. The van der Waals surface area contributed by atoms with E-state index in [0.717, 1.165) is 16.9 Å². The summed E-state index contributed by atoms with van der Waals surface area (Å²) in [6, 6.07) is 6.43. The van der Waals surface area contributed by atoms with E-state index >= 15 is 0 Å². The Labute approximate surface area is 122 Å². The Kier molecular flexibility index (Phi) is 6.68. The maximum Gasteiger partial charge on any atom is 0.406 e. The fraction of sp³-hybridized carbons (Fsp3) is 0.533. The minimum atomic E-state index is -4.39. The highest BCUT2D eigenvalue weighted by Crippen LogP contribution is 2.19. The van der Waals surface area contributed by atoms with Crippen molar-refractivity contribution in [3.05, 3.63) is 35.4 Å². The van der Waals surface area contributed by atoms with Crippen molar-refractivity contribution in [3.8, 4) is 0 Å². The standard InChI is InChI=1S/C15H20F3NO2/c1-3-4-9-19(11-15(16,17)18)14(20)13-7-5-12(6-8-13)10-21-2/h5-8H,3-4,9-11H2,1-2H3. The van der Waals surface area contributed by atoms with Crippen molar-refractivity contribution in [2.24, 2.45) is 0 Å². The molecule has 0 aliphatic carbocycles. The maximum atomic E-state index is 12.6. The number of hydrogen-bond acceptors (Lipinski definition) is 2. The van der Waals surface area contributed by atoms with Crippen molar-refractivity contribution in [3.63, 3.8) is 0 Å². The highest BCUT2D eigenvalue weighted by molar-refractivity contribution is 5.94. The second-order valence-corrected chi connectivity index (χ2v) is 4.83. The van der Waals surface area contributed by atoms with Gasteiger partial charge >= 0.3 is 6.18 Å². The summed E-state index contributed by atoms with van der Waals surface area (Å²) >= 11 is 0. The number of unbranched alkanes of at least 4 members (excludes halogenated alkanes) is 1. The quantitative estimate of drug-likeness (QED) is 0.769. The minimum absolute atomic E-state index is 0.106. The number of rotatable bonds is 7. The third-order valence-electron chi connectivity index (χ3n) is 2.95. The lowest BCUT2D eigenvalue weighted by molar-refractivity contribution is -0.140. The van der Waals surface area contributed by atoms with Crippen LogP contribution >= 0.6 is 0 Å². The van der Waals surface area contributed by atoms with Crippen LogP contribution in [0.2, 0.25) is 0 Å². The topological polar surface area (TPSA) is 29.5 Å². The van der Waals surface area contributed by atoms with E-state index in [-0.39, 0.29) is 12.1 Å². The normalized spacial score (nSPS) is 11.5. The van der Waals surface area contributed by atoms with Gasteiger partial charge in [-0.05, 0) is 24.1 Å². The number of amides is 1. The van der Waals surface area contributed by atoms with Crippen molar-refractivity contribution >= 4 is 5.91 Å². The average molecular weight is 303 g/mol. The molecule has 0 spiro atoms. The van der Waals surface area contributed by atoms with E-state index in [9.17, 15) is 18.0 Å². The van der Waals surface area contributed by atoms with Gasteiger partial charge in [-0.15, -0.1) is 0 Å². The van der Waals surface area contributed by atoms with Crippen molar-refractivity contribution in [1.29, 1.82) is 0 Å². The molecule has 1 amide bonds. The Morgan fingerprint density at radius 2 is 1.86 bits per heavy atom. The average Bonchev–Trinajstić information content (AvgIpc) is 2.43. The predicted molar refractivity (Wildman–Crippen MR) is 74.0 cm³/mol. The van der Waals surface area contributed by atoms with Crippen LogP contribution in [-0.4, -0.2) is 37.2 Å². The van der Waals surface area contributed by atoms with Gasteiger partial charge in [0.25, 0.3) is 5.91 Å². The fourth-order valence-electron chi connectivity index (χ4n) is 1.91. The van der Waals surface area contributed by atoms with Gasteiger partial charge in [0.1, 0.15) is 6.54 Å². The summed E-state index contributed by atoms with van der Waals surface area (Å²) in [5.41, 5.74) is 1.13. The summed E-state index contributed by atoms with van der Waals surface area (Å²) in [7, 11) is 1.55. The van der Waals surface area contributed by atoms with Crippen LogP contribution < -0.4 is 0 Å². The van der Waals surface area contributed by atoms with Crippen LogP contribution in [0.1, 0.15) is 35.7 Å². The van der Waals surface area contributed by atoms with Crippen molar-refractivity contribution in [2.75, 3.05) is 20.2 Å². The number of ether oxygens (including phenoxy) is 1. The number of nitrogens with zero attached hydrogens (tertiary/aromatic N) is 1. The van der Waals surface area contributed by atoms with Crippen molar-refractivity contribution in [1.82, 2.24) is 4.90 Å². The first kappa shape index (κ1) is 17.5. The zero-order valence-electron chi connectivity index (χ0n) is 12.2. The first-order valence-electron chi connectivity index (χ1n) is 6.81. The number of hydrogen-bond donors (Lipinski definition) is 0. The van der Waals surface area contributed by atoms with Gasteiger partial charge < -0.3 is 9.64 Å². The molecular formula is C15H20F3NO2. The van der Waals surface area contributed by atoms with Gasteiger partial charge in [0, 0.05) is 19.2 Å². The van der Waals surface area contributed by atoms with E-state index in [1.54, 1.807) is 19.2 Å². The lowest BCUT2D eigenvalue weighted by Gasteiger charge is -2.24. The highest BCUT2D eigenvalue weighted by atomic mass is 19.4. The number of carbonyl (C=O) groups excluding carboxylic acids is 1. The lowest BCUT2D eigenvalue weighted by atomic mass is 10.1. The number of benzene rings is 1. The van der Waals surface area contributed by atoms with Gasteiger partial charge in [0.2, 0.25) is 0 Å². The number of carbonyl (C=O) groups is 1. The smallest absolute Gasteiger partial charge is 0.380 e. The fourth-order valence-corrected chi connectivity index (χ4v) is 1.91. The van der Waals surface area contributed by atoms with Gasteiger partial charge in [-0.3, -0.25) is 4.79 Å². The monoisotopic (exact) mass is 303 g/mol. The molecule has 6 heteroatoms. The molecule has 0 atom stereocenters. The van der Waals surface area contributed by atoms with Gasteiger partial charge in [-0.2, -0.15) is 13.2 Å². The molecule has 0 bridgehead atoms. The molecule has 118 valence electrons. The molecule has 1 aromatic carbocycles. The lowest BCUT2D eigenvalue weighted by Crippen LogP contribution is -2.39. The summed E-state index contributed by atoms with van der Waals surface area (Å²) in [4.78, 5) is 13.0. The molecule has 0 aliphatic heterocycles.